The number of hydrogen-bond donors (Lipinski definition) is 1. The lowest BCUT2D eigenvalue weighted by molar-refractivity contribution is 0.305. The van der Waals surface area contributed by atoms with E-state index < -0.39 is 0 Å². The number of aromatic nitrogens is 2. The molecule has 3 aromatic rings. The number of rotatable bonds is 1. The Morgan fingerprint density at radius 1 is 1.03 bits per heavy atom. The van der Waals surface area contributed by atoms with Crippen molar-refractivity contribution in [2.24, 2.45) is 4.99 Å². The predicted octanol–water partition coefficient (Wildman–Crippen LogP) is 6.26. The molecule has 0 saturated heterocycles. The summed E-state index contributed by atoms with van der Waals surface area (Å²) < 4.78 is 9.84. The molecule has 0 amide bonds. The van der Waals surface area contributed by atoms with Gasteiger partial charge in [-0.2, -0.15) is 0 Å². The molecule has 0 radical (unpaired) electrons. The number of phenols is 1. The maximum absolute atomic E-state index is 9.70. The minimum absolute atomic E-state index is 0.279. The van der Waals surface area contributed by atoms with Crippen LogP contribution in [0.25, 0.3) is 11.4 Å². The van der Waals surface area contributed by atoms with E-state index in [1.807, 2.05) is 49.7 Å². The molecule has 0 atom stereocenters. The molecular weight excluding hydrogens is 510 g/mol. The monoisotopic (exact) mass is 529 g/mol. The van der Waals surface area contributed by atoms with E-state index in [1.165, 1.54) is 11.3 Å². The fourth-order valence-electron chi connectivity index (χ4n) is 3.46. The van der Waals surface area contributed by atoms with Gasteiger partial charge >= 0.3 is 0 Å². The zero-order valence-corrected chi connectivity index (χ0v) is 19.9. The van der Waals surface area contributed by atoms with Crippen molar-refractivity contribution in [1.82, 2.24) is 9.55 Å². The van der Waals surface area contributed by atoms with Gasteiger partial charge in [0.1, 0.15) is 23.9 Å². The second kappa shape index (κ2) is 8.78. The number of ether oxygens (including phenoxy) is 1. The molecule has 1 N–H and O–H groups in total. The van der Waals surface area contributed by atoms with E-state index in [1.54, 1.807) is 6.07 Å². The molecule has 0 unspecified atom stereocenters. The first-order chi connectivity index (χ1) is 14.4. The van der Waals surface area contributed by atoms with Crippen LogP contribution < -0.4 is 4.74 Å². The number of phenolic OH excluding ortho intramolecular Hbond substituents is 1. The largest absolute Gasteiger partial charge is 0.507 e. The maximum Gasteiger partial charge on any atom is 0.143 e. The molecule has 2 aliphatic rings. The number of imidazole rings is 1. The third-order valence-corrected chi connectivity index (χ3v) is 5.96. The number of allylic oxidation sites excluding steroid dienone is 1. The number of hydrogen-bond acceptors (Lipinski definition) is 4. The molecule has 7 heteroatoms. The molecule has 154 valence electrons. The minimum atomic E-state index is 0.279. The first-order valence-corrected chi connectivity index (χ1v) is 11.2. The SMILES string of the molecule is CC1=CN=C(c2ccc(Br)cc2O)C1.Cc1cnc2n1CCOc1cc(Br)ccc1-2. The quantitative estimate of drug-likeness (QED) is 0.403. The van der Waals surface area contributed by atoms with Crippen LogP contribution in [0.15, 0.2) is 68.3 Å². The zero-order valence-electron chi connectivity index (χ0n) is 16.7. The molecule has 2 aliphatic heterocycles. The van der Waals surface area contributed by atoms with Crippen LogP contribution in [0.1, 0.15) is 24.6 Å². The predicted molar refractivity (Wildman–Crippen MR) is 126 cm³/mol. The van der Waals surface area contributed by atoms with Crippen molar-refractivity contribution < 1.29 is 9.84 Å². The number of aliphatic imine (C=N–C) groups is 1. The normalized spacial score (nSPS) is 14.4. The van der Waals surface area contributed by atoms with Crippen molar-refractivity contribution in [2.45, 2.75) is 26.8 Å². The maximum atomic E-state index is 9.70. The van der Waals surface area contributed by atoms with Gasteiger partial charge in [-0.3, -0.25) is 4.99 Å². The summed E-state index contributed by atoms with van der Waals surface area (Å²) in [5.74, 6) is 2.18. The Morgan fingerprint density at radius 3 is 2.47 bits per heavy atom. The van der Waals surface area contributed by atoms with Crippen molar-refractivity contribution in [3.8, 4) is 22.9 Å². The summed E-state index contributed by atoms with van der Waals surface area (Å²) in [6.45, 7) is 5.65. The summed E-state index contributed by atoms with van der Waals surface area (Å²) >= 11 is 6.76. The molecule has 0 saturated carbocycles. The van der Waals surface area contributed by atoms with Gasteiger partial charge in [-0.05, 0) is 55.8 Å². The smallest absolute Gasteiger partial charge is 0.143 e. The fraction of sp³-hybridized carbons (Fsp3) is 0.217. The van der Waals surface area contributed by atoms with Crippen LogP contribution in [0.5, 0.6) is 11.5 Å². The number of fused-ring (bicyclic) bond motifs is 3. The number of aromatic hydroxyl groups is 1. The van der Waals surface area contributed by atoms with Crippen molar-refractivity contribution in [1.29, 1.82) is 0 Å². The van der Waals surface area contributed by atoms with Gasteiger partial charge < -0.3 is 14.4 Å². The van der Waals surface area contributed by atoms with Crippen LogP contribution in [-0.2, 0) is 6.54 Å². The summed E-state index contributed by atoms with van der Waals surface area (Å²) in [5.41, 5.74) is 5.22. The van der Waals surface area contributed by atoms with E-state index in [9.17, 15) is 5.11 Å². The lowest BCUT2D eigenvalue weighted by Gasteiger charge is -2.05. The molecule has 5 nitrogen and oxygen atoms in total. The summed E-state index contributed by atoms with van der Waals surface area (Å²) in [4.78, 5) is 8.71. The van der Waals surface area contributed by atoms with Crippen molar-refractivity contribution in [3.63, 3.8) is 0 Å². The lowest BCUT2D eigenvalue weighted by atomic mass is 10.0. The van der Waals surface area contributed by atoms with E-state index in [0.717, 1.165) is 50.3 Å². The van der Waals surface area contributed by atoms with Gasteiger partial charge in [-0.15, -0.1) is 0 Å². The highest BCUT2D eigenvalue weighted by atomic mass is 79.9. The molecule has 30 heavy (non-hydrogen) atoms. The highest BCUT2D eigenvalue weighted by Crippen LogP contribution is 2.34. The highest BCUT2D eigenvalue weighted by molar-refractivity contribution is 9.10. The Hall–Kier alpha value is -2.38. The van der Waals surface area contributed by atoms with Crippen LogP contribution in [0, 0.1) is 6.92 Å². The van der Waals surface area contributed by atoms with Gasteiger partial charge in [0, 0.05) is 39.0 Å². The van der Waals surface area contributed by atoms with Crippen molar-refractivity contribution in [3.05, 3.63) is 74.6 Å². The van der Waals surface area contributed by atoms with Gasteiger partial charge in [0.25, 0.3) is 0 Å². The molecule has 0 spiro atoms. The van der Waals surface area contributed by atoms with Gasteiger partial charge in [0.15, 0.2) is 0 Å². The van der Waals surface area contributed by atoms with E-state index >= 15 is 0 Å². The molecule has 2 aromatic carbocycles. The minimum Gasteiger partial charge on any atom is -0.507 e. The number of aryl methyl sites for hydroxylation is 1. The van der Waals surface area contributed by atoms with Crippen LogP contribution >= 0.6 is 31.9 Å². The molecule has 5 rings (SSSR count). The summed E-state index contributed by atoms with van der Waals surface area (Å²) in [6.07, 6.45) is 4.58. The van der Waals surface area contributed by atoms with Crippen LogP contribution in [0.4, 0.5) is 0 Å². The lowest BCUT2D eigenvalue weighted by Crippen LogP contribution is -2.06. The van der Waals surface area contributed by atoms with Gasteiger partial charge in [0.05, 0.1) is 17.8 Å². The summed E-state index contributed by atoms with van der Waals surface area (Å²) in [7, 11) is 0. The Labute approximate surface area is 192 Å². The van der Waals surface area contributed by atoms with Crippen LogP contribution in [0.3, 0.4) is 0 Å². The molecule has 0 bridgehead atoms. The highest BCUT2D eigenvalue weighted by Gasteiger charge is 2.18. The average Bonchev–Trinajstić information content (AvgIpc) is 3.23. The molecular formula is C23H21Br2N3O2. The van der Waals surface area contributed by atoms with Crippen LogP contribution in [-0.4, -0.2) is 27.0 Å². The summed E-state index contributed by atoms with van der Waals surface area (Å²) in [5, 5.41) is 9.70. The third kappa shape index (κ3) is 4.37. The molecule has 0 aliphatic carbocycles. The van der Waals surface area contributed by atoms with E-state index in [-0.39, 0.29) is 5.75 Å². The van der Waals surface area contributed by atoms with E-state index in [2.05, 4.69) is 53.3 Å². The molecule has 1 aromatic heterocycles. The van der Waals surface area contributed by atoms with Gasteiger partial charge in [0.2, 0.25) is 0 Å². The first-order valence-electron chi connectivity index (χ1n) is 9.58. The standard InChI is InChI=1S/C12H11BrN2O.C11H10BrNO/c1-8-7-14-12-10-3-2-9(13)6-11(10)16-5-4-15(8)12;1-7-4-10(13-6-7)9-3-2-8(12)5-11(9)14/h2-3,6-7H,4-5H2,1H3;2-3,5-6,14H,4H2,1H3. The average molecular weight is 531 g/mol. The second-order valence-electron chi connectivity index (χ2n) is 7.25. The summed E-state index contributed by atoms with van der Waals surface area (Å²) in [6, 6.07) is 11.5. The second-order valence-corrected chi connectivity index (χ2v) is 9.08. The molecule has 0 fully saturated rings. The van der Waals surface area contributed by atoms with Gasteiger partial charge in [-0.1, -0.05) is 31.9 Å². The van der Waals surface area contributed by atoms with Crippen LogP contribution in [0.2, 0.25) is 0 Å². The number of benzene rings is 2. The number of halogens is 2. The van der Waals surface area contributed by atoms with E-state index in [4.69, 9.17) is 4.74 Å². The third-order valence-electron chi connectivity index (χ3n) is 4.97. The van der Waals surface area contributed by atoms with Crippen molar-refractivity contribution in [2.75, 3.05) is 6.61 Å². The Balaban J connectivity index is 0.000000147. The van der Waals surface area contributed by atoms with Gasteiger partial charge in [-0.25, -0.2) is 4.98 Å². The Morgan fingerprint density at radius 2 is 1.77 bits per heavy atom. The fourth-order valence-corrected chi connectivity index (χ4v) is 4.15. The molecule has 3 heterocycles. The topological polar surface area (TPSA) is 59.6 Å². The Bertz CT molecular complexity index is 1170. The first kappa shape index (κ1) is 20.9. The number of nitrogens with zero attached hydrogens (tertiary/aromatic N) is 3. The van der Waals surface area contributed by atoms with E-state index in [0.29, 0.717) is 6.61 Å². The zero-order chi connectivity index (χ0) is 21.3. The van der Waals surface area contributed by atoms with Crippen molar-refractivity contribution >= 4 is 37.6 Å². The Kier molecular flexibility index (Phi) is 6.11.